The van der Waals surface area contributed by atoms with E-state index in [0.29, 0.717) is 18.5 Å². The number of hydrogen-bond donors (Lipinski definition) is 2. The second-order valence-electron chi connectivity index (χ2n) is 5.67. The molecule has 0 amide bonds. The number of alkyl halides is 3. The Kier molecular flexibility index (Phi) is 8.11. The Morgan fingerprint density at radius 3 is 2.58 bits per heavy atom. The molecule has 8 heteroatoms. The Hall–Kier alpha value is -1.19. The molecule has 0 saturated heterocycles. The van der Waals surface area contributed by atoms with Gasteiger partial charge in [0.2, 0.25) is 0 Å². The van der Waals surface area contributed by atoms with Crippen molar-refractivity contribution in [3.63, 3.8) is 0 Å². The molecular weight excluding hydrogens is 432 g/mol. The quantitative estimate of drug-likeness (QED) is 0.407. The lowest BCUT2D eigenvalue weighted by Crippen LogP contribution is -2.43. The summed E-state index contributed by atoms with van der Waals surface area (Å²) in [5.41, 5.74) is 2.58. The average molecular weight is 456 g/mol. The van der Waals surface area contributed by atoms with Gasteiger partial charge in [0.15, 0.2) is 5.96 Å². The van der Waals surface area contributed by atoms with E-state index in [1.54, 1.807) is 7.05 Å². The molecule has 1 aliphatic rings. The number of para-hydroxylation sites is 1. The third-order valence-corrected chi connectivity index (χ3v) is 3.92. The van der Waals surface area contributed by atoms with Gasteiger partial charge in [0.1, 0.15) is 0 Å². The van der Waals surface area contributed by atoms with E-state index >= 15 is 0 Å². The molecule has 1 aromatic rings. The minimum atomic E-state index is -4.15. The highest BCUT2D eigenvalue weighted by Crippen LogP contribution is 2.31. The molecular formula is C16H24F3IN4. The highest BCUT2D eigenvalue weighted by Gasteiger charge is 2.26. The number of hydrogen-bond acceptors (Lipinski definition) is 2. The number of fused-ring (bicyclic) bond motifs is 1. The van der Waals surface area contributed by atoms with Crippen molar-refractivity contribution < 1.29 is 13.2 Å². The maximum Gasteiger partial charge on any atom is 0.390 e. The SMILES string of the molecule is CN=C(NCCN1c2ccccc2CC1C)NCCC(F)(F)F.I. The van der Waals surface area contributed by atoms with E-state index in [9.17, 15) is 13.2 Å². The van der Waals surface area contributed by atoms with Gasteiger partial charge in [0.05, 0.1) is 6.42 Å². The first-order valence-corrected chi connectivity index (χ1v) is 7.76. The van der Waals surface area contributed by atoms with Crippen LogP contribution in [-0.2, 0) is 6.42 Å². The highest BCUT2D eigenvalue weighted by molar-refractivity contribution is 14.0. The van der Waals surface area contributed by atoms with Crippen LogP contribution in [-0.4, -0.2) is 44.9 Å². The first-order valence-electron chi connectivity index (χ1n) is 7.76. The van der Waals surface area contributed by atoms with Gasteiger partial charge in [-0.3, -0.25) is 4.99 Å². The topological polar surface area (TPSA) is 39.7 Å². The summed E-state index contributed by atoms with van der Waals surface area (Å²) in [5, 5.41) is 5.75. The Morgan fingerprint density at radius 2 is 1.92 bits per heavy atom. The fraction of sp³-hybridized carbons (Fsp3) is 0.562. The summed E-state index contributed by atoms with van der Waals surface area (Å²) in [6, 6.07) is 8.73. The van der Waals surface area contributed by atoms with Crippen LogP contribution < -0.4 is 15.5 Å². The molecule has 2 N–H and O–H groups in total. The van der Waals surface area contributed by atoms with Crippen molar-refractivity contribution >= 4 is 35.6 Å². The summed E-state index contributed by atoms with van der Waals surface area (Å²) in [5.74, 6) is 0.398. The van der Waals surface area contributed by atoms with Crippen molar-refractivity contribution in [2.45, 2.75) is 32.0 Å². The normalized spacial score (nSPS) is 17.3. The molecule has 136 valence electrons. The summed E-state index contributed by atoms with van der Waals surface area (Å²) in [4.78, 5) is 6.25. The predicted octanol–water partition coefficient (Wildman–Crippen LogP) is 3.17. The second kappa shape index (κ2) is 9.33. The summed E-state index contributed by atoms with van der Waals surface area (Å²) in [7, 11) is 1.55. The van der Waals surface area contributed by atoms with Crippen LogP contribution in [0.3, 0.4) is 0 Å². The Labute approximate surface area is 157 Å². The highest BCUT2D eigenvalue weighted by atomic mass is 127. The second-order valence-corrected chi connectivity index (χ2v) is 5.67. The number of anilines is 1. The number of guanidine groups is 1. The van der Waals surface area contributed by atoms with Crippen molar-refractivity contribution in [3.05, 3.63) is 29.8 Å². The van der Waals surface area contributed by atoms with E-state index in [-0.39, 0.29) is 30.5 Å². The predicted molar refractivity (Wildman–Crippen MR) is 102 cm³/mol. The molecule has 0 saturated carbocycles. The summed E-state index contributed by atoms with van der Waals surface area (Å²) in [6.45, 7) is 3.39. The van der Waals surface area contributed by atoms with Gasteiger partial charge in [-0.2, -0.15) is 13.2 Å². The lowest BCUT2D eigenvalue weighted by molar-refractivity contribution is -0.132. The summed E-state index contributed by atoms with van der Waals surface area (Å²) in [6.07, 6.45) is -4.00. The lowest BCUT2D eigenvalue weighted by atomic mass is 10.1. The largest absolute Gasteiger partial charge is 0.390 e. The van der Waals surface area contributed by atoms with Crippen molar-refractivity contribution in [1.82, 2.24) is 10.6 Å². The van der Waals surface area contributed by atoms with E-state index in [1.165, 1.54) is 11.3 Å². The smallest absolute Gasteiger partial charge is 0.367 e. The molecule has 1 aliphatic heterocycles. The summed E-state index contributed by atoms with van der Waals surface area (Å²) >= 11 is 0. The Bertz CT molecular complexity index is 548. The standard InChI is InChI=1S/C16H23F3N4.HI/c1-12-11-13-5-3-4-6-14(13)23(12)10-9-22-15(20-2)21-8-7-16(17,18)19;/h3-6,12H,7-11H2,1-2H3,(H2,20,21,22);1H. The molecule has 4 nitrogen and oxygen atoms in total. The molecule has 24 heavy (non-hydrogen) atoms. The minimum Gasteiger partial charge on any atom is -0.367 e. The molecule has 0 fully saturated rings. The molecule has 1 aromatic carbocycles. The van der Waals surface area contributed by atoms with E-state index in [4.69, 9.17) is 0 Å². The number of rotatable bonds is 5. The zero-order valence-corrected chi connectivity index (χ0v) is 16.2. The van der Waals surface area contributed by atoms with Crippen LogP contribution in [0.5, 0.6) is 0 Å². The number of aliphatic imine (C=N–C) groups is 1. The number of nitrogens with zero attached hydrogens (tertiary/aromatic N) is 2. The van der Waals surface area contributed by atoms with E-state index in [1.807, 2.05) is 12.1 Å². The number of halogens is 4. The van der Waals surface area contributed by atoms with E-state index < -0.39 is 12.6 Å². The maximum absolute atomic E-state index is 12.1. The van der Waals surface area contributed by atoms with E-state index in [0.717, 1.165) is 13.0 Å². The summed E-state index contributed by atoms with van der Waals surface area (Å²) < 4.78 is 36.4. The molecule has 1 unspecified atom stereocenters. The monoisotopic (exact) mass is 456 g/mol. The van der Waals surface area contributed by atoms with Gasteiger partial charge in [-0.05, 0) is 25.0 Å². The fourth-order valence-corrected chi connectivity index (χ4v) is 2.81. The Morgan fingerprint density at radius 1 is 1.25 bits per heavy atom. The molecule has 0 bridgehead atoms. The van der Waals surface area contributed by atoms with Crippen molar-refractivity contribution in [3.8, 4) is 0 Å². The first-order chi connectivity index (χ1) is 10.9. The third-order valence-electron chi connectivity index (χ3n) is 3.92. The van der Waals surface area contributed by atoms with Gasteiger partial charge in [-0.1, -0.05) is 18.2 Å². The van der Waals surface area contributed by atoms with Crippen molar-refractivity contribution in [1.29, 1.82) is 0 Å². The minimum absolute atomic E-state index is 0. The molecule has 1 heterocycles. The molecule has 0 spiro atoms. The van der Waals surface area contributed by atoms with Crippen LogP contribution in [0, 0.1) is 0 Å². The van der Waals surface area contributed by atoms with Crippen LogP contribution in [0.15, 0.2) is 29.3 Å². The number of nitrogens with one attached hydrogen (secondary N) is 2. The Balaban J connectivity index is 0.00000288. The molecule has 1 atom stereocenters. The number of benzene rings is 1. The fourth-order valence-electron chi connectivity index (χ4n) is 2.81. The van der Waals surface area contributed by atoms with Crippen LogP contribution >= 0.6 is 24.0 Å². The van der Waals surface area contributed by atoms with Crippen LogP contribution in [0.2, 0.25) is 0 Å². The van der Waals surface area contributed by atoms with Gasteiger partial charge in [-0.15, -0.1) is 24.0 Å². The molecule has 0 aromatic heterocycles. The molecule has 0 radical (unpaired) electrons. The van der Waals surface area contributed by atoms with E-state index in [2.05, 4.69) is 39.6 Å². The van der Waals surface area contributed by atoms with Gasteiger partial charge >= 0.3 is 6.18 Å². The lowest BCUT2D eigenvalue weighted by Gasteiger charge is -2.25. The van der Waals surface area contributed by atoms with Crippen molar-refractivity contribution in [2.24, 2.45) is 4.99 Å². The van der Waals surface area contributed by atoms with Crippen LogP contribution in [0.4, 0.5) is 18.9 Å². The van der Waals surface area contributed by atoms with Crippen LogP contribution in [0.1, 0.15) is 18.9 Å². The van der Waals surface area contributed by atoms with Crippen molar-refractivity contribution in [2.75, 3.05) is 31.6 Å². The maximum atomic E-state index is 12.1. The zero-order chi connectivity index (χ0) is 16.9. The first kappa shape index (κ1) is 20.9. The average Bonchev–Trinajstić information content (AvgIpc) is 2.80. The van der Waals surface area contributed by atoms with Gasteiger partial charge in [0.25, 0.3) is 0 Å². The van der Waals surface area contributed by atoms with Gasteiger partial charge < -0.3 is 15.5 Å². The van der Waals surface area contributed by atoms with Gasteiger partial charge in [-0.25, -0.2) is 0 Å². The molecule has 0 aliphatic carbocycles. The third kappa shape index (κ3) is 6.03. The zero-order valence-electron chi connectivity index (χ0n) is 13.9. The molecule has 2 rings (SSSR count). The van der Waals surface area contributed by atoms with Crippen LogP contribution in [0.25, 0.3) is 0 Å². The van der Waals surface area contributed by atoms with Gasteiger partial charge in [0, 0.05) is 38.4 Å².